The van der Waals surface area contributed by atoms with Crippen LogP contribution in [-0.2, 0) is 33.5 Å². The number of carbonyl (C=O) groups is 2. The molecule has 3 aromatic rings. The van der Waals surface area contributed by atoms with Gasteiger partial charge >= 0.3 is 11.9 Å². The highest BCUT2D eigenvalue weighted by Gasteiger charge is 2.24. The van der Waals surface area contributed by atoms with E-state index in [0.29, 0.717) is 22.3 Å². The van der Waals surface area contributed by atoms with Crippen molar-refractivity contribution in [2.24, 2.45) is 0 Å². The Morgan fingerprint density at radius 3 is 1.20 bits per heavy atom. The number of aromatic hydroxyl groups is 2. The average molecular weight is 547 g/mol. The van der Waals surface area contributed by atoms with Gasteiger partial charge in [0.15, 0.2) is 0 Å². The summed E-state index contributed by atoms with van der Waals surface area (Å²) in [6.45, 7) is 19.8. The van der Waals surface area contributed by atoms with Crippen molar-refractivity contribution < 1.29 is 29.3 Å². The van der Waals surface area contributed by atoms with Crippen molar-refractivity contribution in [3.8, 4) is 11.5 Å². The molecule has 6 heteroatoms. The summed E-state index contributed by atoms with van der Waals surface area (Å²) >= 11 is 0. The third kappa shape index (κ3) is 6.49. The van der Waals surface area contributed by atoms with Crippen LogP contribution >= 0.6 is 0 Å². The van der Waals surface area contributed by atoms with Crippen molar-refractivity contribution in [1.29, 1.82) is 0 Å². The quantitative estimate of drug-likeness (QED) is 0.309. The minimum atomic E-state index is -0.529. The van der Waals surface area contributed by atoms with E-state index in [-0.39, 0.29) is 35.5 Å². The van der Waals surface area contributed by atoms with Crippen molar-refractivity contribution in [3.63, 3.8) is 0 Å². The number of carbonyl (C=O) groups excluding carboxylic acids is 2. The Bertz CT molecular complexity index is 1320. The maximum atomic E-state index is 12.7. The second-order valence-electron chi connectivity index (χ2n) is 12.6. The van der Waals surface area contributed by atoms with E-state index >= 15 is 0 Å². The van der Waals surface area contributed by atoms with Crippen LogP contribution in [-0.4, -0.2) is 22.2 Å². The average Bonchev–Trinajstić information content (AvgIpc) is 2.86. The van der Waals surface area contributed by atoms with E-state index in [1.807, 2.05) is 81.4 Å². The highest BCUT2D eigenvalue weighted by molar-refractivity contribution is 5.93. The first-order valence-corrected chi connectivity index (χ1v) is 13.5. The summed E-state index contributed by atoms with van der Waals surface area (Å²) in [6.07, 6.45) is 0. The van der Waals surface area contributed by atoms with Gasteiger partial charge in [0.05, 0.1) is 11.1 Å². The molecule has 0 aliphatic carbocycles. The van der Waals surface area contributed by atoms with Crippen LogP contribution in [0.15, 0.2) is 36.4 Å². The van der Waals surface area contributed by atoms with Crippen LogP contribution < -0.4 is 0 Å². The van der Waals surface area contributed by atoms with E-state index in [9.17, 15) is 19.8 Å². The molecule has 0 amide bonds. The summed E-state index contributed by atoms with van der Waals surface area (Å²) in [7, 11) is 0. The van der Waals surface area contributed by atoms with Crippen molar-refractivity contribution in [1.82, 2.24) is 0 Å². The zero-order valence-corrected chi connectivity index (χ0v) is 25.4. The minimum Gasteiger partial charge on any atom is -0.507 e. The number of aryl methyl sites for hydroxylation is 2. The van der Waals surface area contributed by atoms with E-state index in [1.165, 1.54) is 24.3 Å². The summed E-state index contributed by atoms with van der Waals surface area (Å²) in [5.74, 6) is -0.618. The van der Waals surface area contributed by atoms with E-state index in [2.05, 4.69) is 0 Å². The molecule has 0 aliphatic rings. The summed E-state index contributed by atoms with van der Waals surface area (Å²) in [5, 5.41) is 21.4. The number of hydrogen-bond donors (Lipinski definition) is 2. The number of esters is 2. The van der Waals surface area contributed by atoms with Crippen LogP contribution in [0.4, 0.5) is 0 Å². The monoisotopic (exact) mass is 546 g/mol. The largest absolute Gasteiger partial charge is 0.507 e. The molecule has 0 radical (unpaired) electrons. The number of ether oxygens (including phenoxy) is 2. The van der Waals surface area contributed by atoms with E-state index < -0.39 is 11.9 Å². The lowest BCUT2D eigenvalue weighted by Gasteiger charge is -2.24. The van der Waals surface area contributed by atoms with Crippen molar-refractivity contribution in [2.45, 2.75) is 93.3 Å². The standard InChI is InChI=1S/C34H42O6/c1-19-15-27(33(5,6)7)29(35)21(3)25(19)17-39-31(37)23-11-13-24(14-12-23)32(38)40-18-26-20(2)16-28(34(8,9)10)30(36)22(26)4/h11-16,35-36H,17-18H2,1-10H3. The predicted octanol–water partition coefficient (Wildman–Crippen LogP) is 7.64. The van der Waals surface area contributed by atoms with Gasteiger partial charge in [-0.15, -0.1) is 0 Å². The van der Waals surface area contributed by atoms with Gasteiger partial charge in [0.1, 0.15) is 24.7 Å². The molecule has 0 spiro atoms. The molecule has 0 heterocycles. The molecular formula is C34H42O6. The van der Waals surface area contributed by atoms with Gasteiger partial charge < -0.3 is 19.7 Å². The number of rotatable bonds is 6. The molecule has 0 aromatic heterocycles. The van der Waals surface area contributed by atoms with E-state index in [0.717, 1.165) is 33.4 Å². The zero-order valence-electron chi connectivity index (χ0n) is 25.4. The number of hydrogen-bond acceptors (Lipinski definition) is 6. The predicted molar refractivity (Wildman–Crippen MR) is 157 cm³/mol. The first-order chi connectivity index (χ1) is 18.4. The van der Waals surface area contributed by atoms with Crippen molar-refractivity contribution >= 4 is 11.9 Å². The molecule has 0 bridgehead atoms. The zero-order chi connectivity index (χ0) is 30.2. The maximum absolute atomic E-state index is 12.7. The Balaban J connectivity index is 1.67. The first-order valence-electron chi connectivity index (χ1n) is 13.5. The lowest BCUT2D eigenvalue weighted by atomic mass is 9.83. The van der Waals surface area contributed by atoms with Crippen LogP contribution in [0.2, 0.25) is 0 Å². The van der Waals surface area contributed by atoms with Crippen LogP contribution in [0.3, 0.4) is 0 Å². The maximum Gasteiger partial charge on any atom is 0.338 e. The normalized spacial score (nSPS) is 11.8. The van der Waals surface area contributed by atoms with Crippen LogP contribution in [0.5, 0.6) is 11.5 Å². The summed E-state index contributed by atoms with van der Waals surface area (Å²) < 4.78 is 11.1. The second kappa shape index (κ2) is 11.4. The highest BCUT2D eigenvalue weighted by atomic mass is 16.5. The third-order valence-corrected chi connectivity index (χ3v) is 7.47. The van der Waals surface area contributed by atoms with Crippen molar-refractivity contribution in [3.05, 3.63) is 92.0 Å². The fourth-order valence-corrected chi connectivity index (χ4v) is 4.80. The molecule has 3 rings (SSSR count). The number of phenolic OH excluding ortho intramolecular Hbond substituents is 2. The fraction of sp³-hybridized carbons (Fsp3) is 0.412. The van der Waals surface area contributed by atoms with Crippen LogP contribution in [0.1, 0.15) is 107 Å². The lowest BCUT2D eigenvalue weighted by Crippen LogP contribution is -2.14. The molecule has 0 atom stereocenters. The molecule has 2 N–H and O–H groups in total. The molecular weight excluding hydrogens is 504 g/mol. The molecule has 6 nitrogen and oxygen atoms in total. The van der Waals surface area contributed by atoms with Crippen LogP contribution in [0.25, 0.3) is 0 Å². The van der Waals surface area contributed by atoms with Gasteiger partial charge in [0, 0.05) is 0 Å². The van der Waals surface area contributed by atoms with Gasteiger partial charge in [-0.3, -0.25) is 0 Å². The Hall–Kier alpha value is -3.80. The molecule has 40 heavy (non-hydrogen) atoms. The van der Waals surface area contributed by atoms with E-state index in [1.54, 1.807) is 0 Å². The van der Waals surface area contributed by atoms with Gasteiger partial charge in [-0.1, -0.05) is 53.7 Å². The SMILES string of the molecule is Cc1cc(C(C)(C)C)c(O)c(C)c1COC(=O)c1ccc(C(=O)OCc2c(C)cc(C(C)(C)C)c(O)c2C)cc1. The topological polar surface area (TPSA) is 93.1 Å². The fourth-order valence-electron chi connectivity index (χ4n) is 4.80. The number of phenols is 2. The molecule has 0 saturated heterocycles. The van der Waals surface area contributed by atoms with Gasteiger partial charge in [-0.2, -0.15) is 0 Å². The van der Waals surface area contributed by atoms with Gasteiger partial charge in [0.25, 0.3) is 0 Å². The third-order valence-electron chi connectivity index (χ3n) is 7.47. The first kappa shape index (κ1) is 30.7. The Labute approximate surface area is 238 Å². The minimum absolute atomic E-state index is 0.0256. The van der Waals surface area contributed by atoms with E-state index in [4.69, 9.17) is 9.47 Å². The second-order valence-corrected chi connectivity index (χ2v) is 12.6. The summed E-state index contributed by atoms with van der Waals surface area (Å²) in [5.41, 5.74) is 6.70. The Morgan fingerprint density at radius 2 is 0.925 bits per heavy atom. The van der Waals surface area contributed by atoms with Gasteiger partial charge in [0.2, 0.25) is 0 Å². The van der Waals surface area contributed by atoms with Gasteiger partial charge in [-0.05, 0) is 107 Å². The van der Waals surface area contributed by atoms with Crippen molar-refractivity contribution in [2.75, 3.05) is 0 Å². The Morgan fingerprint density at radius 1 is 0.625 bits per heavy atom. The molecule has 3 aromatic carbocycles. The molecule has 0 fully saturated rings. The molecule has 0 saturated carbocycles. The molecule has 214 valence electrons. The number of benzene rings is 3. The molecule has 0 aliphatic heterocycles. The summed E-state index contributed by atoms with van der Waals surface area (Å²) in [6, 6.07) is 9.99. The lowest BCUT2D eigenvalue weighted by molar-refractivity contribution is 0.0457. The summed E-state index contributed by atoms with van der Waals surface area (Å²) in [4.78, 5) is 25.4. The van der Waals surface area contributed by atoms with Gasteiger partial charge in [-0.25, -0.2) is 9.59 Å². The molecule has 0 unspecified atom stereocenters. The van der Waals surface area contributed by atoms with Crippen LogP contribution in [0, 0.1) is 27.7 Å². The highest BCUT2D eigenvalue weighted by Crippen LogP contribution is 2.38. The smallest absolute Gasteiger partial charge is 0.338 e. The Kier molecular flexibility index (Phi) is 8.73.